The Morgan fingerprint density at radius 2 is 1.79 bits per heavy atom. The maximum absolute atomic E-state index is 13.9. The van der Waals surface area contributed by atoms with E-state index in [0.717, 1.165) is 36.1 Å². The largest absolute Gasteiger partial charge is 0.327 e. The molecule has 0 bridgehead atoms. The average molecular weight is 459 g/mol. The van der Waals surface area contributed by atoms with Crippen LogP contribution in [-0.4, -0.2) is 28.5 Å². The van der Waals surface area contributed by atoms with Crippen LogP contribution in [0.2, 0.25) is 0 Å². The van der Waals surface area contributed by atoms with E-state index in [2.05, 4.69) is 5.32 Å². The molecule has 0 radical (unpaired) electrons. The quantitative estimate of drug-likeness (QED) is 0.491. The van der Waals surface area contributed by atoms with E-state index in [-0.39, 0.29) is 29.7 Å². The minimum absolute atomic E-state index is 0.0125. The first-order chi connectivity index (χ1) is 16.0. The number of nitrogens with one attached hydrogen (secondary N) is 1. The Morgan fingerprint density at radius 1 is 1.00 bits per heavy atom. The van der Waals surface area contributed by atoms with Gasteiger partial charge in [-0.05, 0) is 55.0 Å². The van der Waals surface area contributed by atoms with Gasteiger partial charge in [0.15, 0.2) is 5.78 Å². The van der Waals surface area contributed by atoms with Crippen LogP contribution in [0.5, 0.6) is 0 Å². The van der Waals surface area contributed by atoms with E-state index in [1.54, 1.807) is 35.6 Å². The van der Waals surface area contributed by atoms with Crippen LogP contribution in [0.1, 0.15) is 75.7 Å². The van der Waals surface area contributed by atoms with Gasteiger partial charge >= 0.3 is 0 Å². The molecule has 1 saturated carbocycles. The number of carbonyl (C=O) groups is 3. The van der Waals surface area contributed by atoms with Crippen molar-refractivity contribution in [3.63, 3.8) is 0 Å². The van der Waals surface area contributed by atoms with Crippen molar-refractivity contribution < 1.29 is 14.4 Å². The zero-order valence-corrected chi connectivity index (χ0v) is 19.3. The molecule has 0 saturated heterocycles. The third-order valence-corrected chi connectivity index (χ3v) is 7.69. The van der Waals surface area contributed by atoms with Crippen LogP contribution in [0.3, 0.4) is 0 Å². The fourth-order valence-electron chi connectivity index (χ4n) is 5.22. The Balaban J connectivity index is 1.60. The molecule has 2 atom stereocenters. The molecule has 1 N–H and O–H groups in total. The molecule has 2 aliphatic rings. The van der Waals surface area contributed by atoms with Gasteiger partial charge in [0.1, 0.15) is 0 Å². The zero-order chi connectivity index (χ0) is 22.9. The van der Waals surface area contributed by atoms with Gasteiger partial charge in [-0.15, -0.1) is 11.3 Å². The van der Waals surface area contributed by atoms with Gasteiger partial charge in [-0.1, -0.05) is 49.2 Å². The number of rotatable bonds is 5. The maximum atomic E-state index is 13.9. The molecule has 1 aromatic heterocycles. The second-order valence-electron chi connectivity index (χ2n) is 8.80. The third kappa shape index (κ3) is 4.00. The second-order valence-corrected chi connectivity index (χ2v) is 9.78. The van der Waals surface area contributed by atoms with Crippen molar-refractivity contribution in [1.82, 2.24) is 4.90 Å². The second kappa shape index (κ2) is 8.94. The highest BCUT2D eigenvalue weighted by Gasteiger charge is 2.47. The molecule has 2 aromatic carbocycles. The lowest BCUT2D eigenvalue weighted by Crippen LogP contribution is -2.49. The smallest absolute Gasteiger partial charge is 0.254 e. The summed E-state index contributed by atoms with van der Waals surface area (Å²) in [6, 6.07) is 18.3. The lowest BCUT2D eigenvalue weighted by atomic mass is 9.80. The highest BCUT2D eigenvalue weighted by Crippen LogP contribution is 2.47. The minimum atomic E-state index is -0.542. The highest BCUT2D eigenvalue weighted by atomic mass is 32.1. The molecule has 1 aliphatic heterocycles. The first kappa shape index (κ1) is 21.6. The Morgan fingerprint density at radius 3 is 2.52 bits per heavy atom. The Hall–Kier alpha value is -3.25. The van der Waals surface area contributed by atoms with Crippen molar-refractivity contribution in [2.45, 2.75) is 50.6 Å². The molecule has 6 heteroatoms. The van der Waals surface area contributed by atoms with Gasteiger partial charge in [0.05, 0.1) is 12.0 Å². The van der Waals surface area contributed by atoms with E-state index in [0.29, 0.717) is 16.8 Å². The molecule has 1 fully saturated rings. The summed E-state index contributed by atoms with van der Waals surface area (Å²) in [5.74, 6) is -0.752. The van der Waals surface area contributed by atoms with Crippen molar-refractivity contribution in [1.29, 1.82) is 0 Å². The van der Waals surface area contributed by atoms with E-state index in [4.69, 9.17) is 0 Å². The normalized spacial score (nSPS) is 20.5. The molecule has 2 heterocycles. The molecule has 2 amide bonds. The molecule has 33 heavy (non-hydrogen) atoms. The van der Waals surface area contributed by atoms with Gasteiger partial charge in [-0.3, -0.25) is 14.4 Å². The van der Waals surface area contributed by atoms with Crippen molar-refractivity contribution in [3.8, 4) is 0 Å². The van der Waals surface area contributed by atoms with Crippen LogP contribution in [0.15, 0.2) is 66.0 Å². The Labute approximate surface area is 197 Å². The standard InChI is InChI=1S/C27H26N2O3S/c1-17(30)18-8-6-9-19(16-18)28-26(31)24-21-12-4-5-13-22(21)27(32)29(20-10-2-3-11-20)25(24)23-14-7-15-33-23/h4-9,12-16,20,24-25H,2-3,10-11H2,1H3,(H,28,31)/t24-,25+/m0/s1. The van der Waals surface area contributed by atoms with Gasteiger partial charge in [0, 0.05) is 27.7 Å². The molecular formula is C27H26N2O3S. The van der Waals surface area contributed by atoms with Gasteiger partial charge in [-0.25, -0.2) is 0 Å². The number of Topliss-reactive ketones (excluding diaryl/α,β-unsaturated/α-hetero) is 1. The number of benzene rings is 2. The van der Waals surface area contributed by atoms with E-state index in [1.807, 2.05) is 46.7 Å². The number of hydrogen-bond acceptors (Lipinski definition) is 4. The van der Waals surface area contributed by atoms with Gasteiger partial charge in [0.25, 0.3) is 5.91 Å². The van der Waals surface area contributed by atoms with E-state index >= 15 is 0 Å². The Bertz CT molecular complexity index is 1200. The number of ketones is 1. The monoisotopic (exact) mass is 458 g/mol. The van der Waals surface area contributed by atoms with Gasteiger partial charge in [0.2, 0.25) is 5.91 Å². The number of carbonyl (C=O) groups excluding carboxylic acids is 3. The number of anilines is 1. The third-order valence-electron chi connectivity index (χ3n) is 6.75. The molecule has 0 unspecified atom stereocenters. The topological polar surface area (TPSA) is 66.5 Å². The molecular weight excluding hydrogens is 432 g/mol. The number of amides is 2. The zero-order valence-electron chi connectivity index (χ0n) is 18.5. The first-order valence-corrected chi connectivity index (χ1v) is 12.3. The molecule has 168 valence electrons. The SMILES string of the molecule is CC(=O)c1cccc(NC(=O)[C@H]2c3ccccc3C(=O)N(C3CCCC3)[C@@H]2c2cccs2)c1. The predicted molar refractivity (Wildman–Crippen MR) is 130 cm³/mol. The number of nitrogens with zero attached hydrogens (tertiary/aromatic N) is 1. The lowest BCUT2D eigenvalue weighted by molar-refractivity contribution is -0.119. The summed E-state index contributed by atoms with van der Waals surface area (Å²) >= 11 is 1.58. The van der Waals surface area contributed by atoms with Crippen LogP contribution in [0.25, 0.3) is 0 Å². The van der Waals surface area contributed by atoms with Crippen LogP contribution < -0.4 is 5.32 Å². The van der Waals surface area contributed by atoms with E-state index < -0.39 is 5.92 Å². The molecule has 1 aliphatic carbocycles. The lowest BCUT2D eigenvalue weighted by Gasteiger charge is -2.44. The number of hydrogen-bond donors (Lipinski definition) is 1. The van der Waals surface area contributed by atoms with Crippen LogP contribution in [0, 0.1) is 0 Å². The van der Waals surface area contributed by atoms with Crippen molar-refractivity contribution >= 4 is 34.6 Å². The van der Waals surface area contributed by atoms with E-state index in [1.165, 1.54) is 6.92 Å². The summed E-state index contributed by atoms with van der Waals surface area (Å²) in [6.07, 6.45) is 4.12. The predicted octanol–water partition coefficient (Wildman–Crippen LogP) is 5.81. The van der Waals surface area contributed by atoms with Crippen LogP contribution >= 0.6 is 11.3 Å². The molecule has 5 rings (SSSR count). The van der Waals surface area contributed by atoms with Crippen LogP contribution in [0.4, 0.5) is 5.69 Å². The fourth-order valence-corrected chi connectivity index (χ4v) is 6.08. The van der Waals surface area contributed by atoms with Crippen molar-refractivity contribution in [2.75, 3.05) is 5.32 Å². The van der Waals surface area contributed by atoms with Gasteiger partial charge in [-0.2, -0.15) is 0 Å². The fraction of sp³-hybridized carbons (Fsp3) is 0.296. The number of fused-ring (bicyclic) bond motifs is 1. The Kier molecular flexibility index (Phi) is 5.85. The summed E-state index contributed by atoms with van der Waals surface area (Å²) in [5.41, 5.74) is 2.50. The molecule has 0 spiro atoms. The van der Waals surface area contributed by atoms with Crippen molar-refractivity contribution in [3.05, 3.63) is 87.6 Å². The average Bonchev–Trinajstić information content (AvgIpc) is 3.53. The molecule has 5 nitrogen and oxygen atoms in total. The van der Waals surface area contributed by atoms with Gasteiger partial charge < -0.3 is 10.2 Å². The van der Waals surface area contributed by atoms with E-state index in [9.17, 15) is 14.4 Å². The summed E-state index contributed by atoms with van der Waals surface area (Å²) < 4.78 is 0. The minimum Gasteiger partial charge on any atom is -0.327 e. The summed E-state index contributed by atoms with van der Waals surface area (Å²) in [6.45, 7) is 1.51. The van der Waals surface area contributed by atoms with Crippen LogP contribution in [-0.2, 0) is 4.79 Å². The highest BCUT2D eigenvalue weighted by molar-refractivity contribution is 7.10. The van der Waals surface area contributed by atoms with Crippen molar-refractivity contribution in [2.24, 2.45) is 0 Å². The first-order valence-electron chi connectivity index (χ1n) is 11.4. The number of thiophene rings is 1. The summed E-state index contributed by atoms with van der Waals surface area (Å²) in [4.78, 5) is 42.4. The summed E-state index contributed by atoms with van der Waals surface area (Å²) in [5, 5.41) is 5.04. The maximum Gasteiger partial charge on any atom is 0.254 e. The molecule has 3 aromatic rings. The summed E-state index contributed by atoms with van der Waals surface area (Å²) in [7, 11) is 0.